The number of allylic oxidation sites excluding steroid dienone is 2. The van der Waals surface area contributed by atoms with Crippen LogP contribution >= 0.6 is 0 Å². The minimum absolute atomic E-state index is 0.0645. The van der Waals surface area contributed by atoms with Crippen LogP contribution in [0.2, 0.25) is 0 Å². The third kappa shape index (κ3) is 10.8. The van der Waals surface area contributed by atoms with Gasteiger partial charge < -0.3 is 10.2 Å². The summed E-state index contributed by atoms with van der Waals surface area (Å²) in [5.41, 5.74) is 0.0645. The van der Waals surface area contributed by atoms with Gasteiger partial charge in [-0.1, -0.05) is 76.5 Å². The normalized spacial score (nSPS) is 11.3. The molecule has 0 spiro atoms. The van der Waals surface area contributed by atoms with Crippen molar-refractivity contribution < 1.29 is 15.0 Å². The van der Waals surface area contributed by atoms with Gasteiger partial charge in [-0.05, 0) is 44.2 Å². The van der Waals surface area contributed by atoms with Gasteiger partial charge in [0.2, 0.25) is 0 Å². The van der Waals surface area contributed by atoms with Gasteiger partial charge in [0, 0.05) is 6.42 Å². The van der Waals surface area contributed by atoms with Crippen LogP contribution < -0.4 is 0 Å². The van der Waals surface area contributed by atoms with E-state index in [2.05, 4.69) is 19.1 Å². The zero-order valence-corrected chi connectivity index (χ0v) is 17.1. The number of phenols is 2. The van der Waals surface area contributed by atoms with Gasteiger partial charge in [0.25, 0.3) is 0 Å². The van der Waals surface area contributed by atoms with Crippen molar-refractivity contribution >= 4 is 5.78 Å². The van der Waals surface area contributed by atoms with Gasteiger partial charge >= 0.3 is 0 Å². The average molecular weight is 375 g/mol. The summed E-state index contributed by atoms with van der Waals surface area (Å²) >= 11 is 0. The van der Waals surface area contributed by atoms with Gasteiger partial charge in [0.1, 0.15) is 17.1 Å². The highest BCUT2D eigenvalue weighted by atomic mass is 16.3. The van der Waals surface area contributed by atoms with Crippen LogP contribution in [0.4, 0.5) is 0 Å². The standard InChI is InChI=1S/C24H38O3/c1-2-3-4-5-6-7-8-9-10-11-12-13-14-15-16-18-21(25)24-22(26)19-17-20-23(24)27/h8-9,17,19-20,26-27H,2-7,10-16,18H2,1H3. The molecular formula is C24H38O3. The number of aromatic hydroxyl groups is 2. The number of hydrogen-bond donors (Lipinski definition) is 2. The third-order valence-corrected chi connectivity index (χ3v) is 4.96. The van der Waals surface area contributed by atoms with Crippen LogP contribution in [0.5, 0.6) is 11.5 Å². The fourth-order valence-electron chi connectivity index (χ4n) is 3.30. The molecule has 0 saturated carbocycles. The summed E-state index contributed by atoms with van der Waals surface area (Å²) in [6.07, 6.45) is 20.9. The minimum Gasteiger partial charge on any atom is -0.507 e. The first-order chi connectivity index (χ1) is 13.2. The first kappa shape index (κ1) is 23.3. The monoisotopic (exact) mass is 374 g/mol. The Morgan fingerprint density at radius 3 is 1.81 bits per heavy atom. The molecule has 1 aromatic carbocycles. The lowest BCUT2D eigenvalue weighted by Crippen LogP contribution is -2.00. The lowest BCUT2D eigenvalue weighted by Gasteiger charge is -2.06. The van der Waals surface area contributed by atoms with Crippen molar-refractivity contribution in [1.82, 2.24) is 0 Å². The molecule has 152 valence electrons. The summed E-state index contributed by atoms with van der Waals surface area (Å²) in [6.45, 7) is 2.25. The Labute approximate surface area is 165 Å². The summed E-state index contributed by atoms with van der Waals surface area (Å²) in [5, 5.41) is 19.4. The molecule has 0 amide bonds. The number of carbonyl (C=O) groups is 1. The van der Waals surface area contributed by atoms with Gasteiger partial charge in [-0.2, -0.15) is 0 Å². The number of Topliss-reactive ketones (excluding diaryl/α,β-unsaturated/α-hetero) is 1. The molecule has 1 rings (SSSR count). The van der Waals surface area contributed by atoms with Crippen molar-refractivity contribution in [3.05, 3.63) is 35.9 Å². The van der Waals surface area contributed by atoms with E-state index in [1.807, 2.05) is 0 Å². The van der Waals surface area contributed by atoms with Crippen LogP contribution in [0.1, 0.15) is 107 Å². The Morgan fingerprint density at radius 2 is 1.26 bits per heavy atom. The van der Waals surface area contributed by atoms with Gasteiger partial charge in [0.15, 0.2) is 5.78 Å². The second-order valence-corrected chi connectivity index (χ2v) is 7.43. The number of unbranched alkanes of at least 4 members (excludes halogenated alkanes) is 11. The maximum atomic E-state index is 12.1. The van der Waals surface area contributed by atoms with Crippen LogP contribution in [-0.4, -0.2) is 16.0 Å². The largest absolute Gasteiger partial charge is 0.507 e. The number of carbonyl (C=O) groups excluding carboxylic acids is 1. The Bertz CT molecular complexity index is 528. The molecule has 3 nitrogen and oxygen atoms in total. The molecular weight excluding hydrogens is 336 g/mol. The van der Waals surface area contributed by atoms with E-state index in [0.717, 1.165) is 19.3 Å². The molecule has 0 aliphatic carbocycles. The molecule has 0 heterocycles. The van der Waals surface area contributed by atoms with Crippen LogP contribution in [0.25, 0.3) is 0 Å². The zero-order chi connectivity index (χ0) is 19.7. The number of ketones is 1. The van der Waals surface area contributed by atoms with E-state index in [9.17, 15) is 15.0 Å². The van der Waals surface area contributed by atoms with E-state index in [4.69, 9.17) is 0 Å². The third-order valence-electron chi connectivity index (χ3n) is 4.96. The van der Waals surface area contributed by atoms with Gasteiger partial charge in [0.05, 0.1) is 0 Å². The smallest absolute Gasteiger partial charge is 0.170 e. The number of rotatable bonds is 16. The molecule has 0 aliphatic rings. The van der Waals surface area contributed by atoms with Crippen LogP contribution in [0.3, 0.4) is 0 Å². The predicted molar refractivity (Wildman–Crippen MR) is 114 cm³/mol. The molecule has 2 N–H and O–H groups in total. The number of phenolic OH excluding ortho intramolecular Hbond substituents is 2. The Kier molecular flexibility index (Phi) is 13.2. The fourth-order valence-corrected chi connectivity index (χ4v) is 3.30. The van der Waals surface area contributed by atoms with E-state index in [-0.39, 0.29) is 22.8 Å². The number of benzene rings is 1. The highest BCUT2D eigenvalue weighted by Gasteiger charge is 2.15. The topological polar surface area (TPSA) is 57.5 Å². The lowest BCUT2D eigenvalue weighted by atomic mass is 10.0. The van der Waals surface area contributed by atoms with Gasteiger partial charge in [-0.15, -0.1) is 0 Å². The molecule has 3 heteroatoms. The van der Waals surface area contributed by atoms with Gasteiger partial charge in [-0.3, -0.25) is 4.79 Å². The van der Waals surface area contributed by atoms with E-state index in [1.165, 1.54) is 82.4 Å². The lowest BCUT2D eigenvalue weighted by molar-refractivity contribution is 0.0973. The van der Waals surface area contributed by atoms with Crippen LogP contribution in [0, 0.1) is 0 Å². The summed E-state index contributed by atoms with van der Waals surface area (Å²) in [7, 11) is 0. The summed E-state index contributed by atoms with van der Waals surface area (Å²) in [6, 6.07) is 4.41. The van der Waals surface area contributed by atoms with Crippen molar-refractivity contribution in [2.75, 3.05) is 0 Å². The second kappa shape index (κ2) is 15.3. The SMILES string of the molecule is CCCCCCCC=CCCCCCCCCC(=O)c1c(O)cccc1O. The average Bonchev–Trinajstić information content (AvgIpc) is 2.64. The molecule has 0 aromatic heterocycles. The Morgan fingerprint density at radius 1 is 0.778 bits per heavy atom. The fraction of sp³-hybridized carbons (Fsp3) is 0.625. The van der Waals surface area contributed by atoms with Crippen molar-refractivity contribution in [3.8, 4) is 11.5 Å². The summed E-state index contributed by atoms with van der Waals surface area (Å²) < 4.78 is 0. The Balaban J connectivity index is 1.95. The van der Waals surface area contributed by atoms with Crippen molar-refractivity contribution in [2.24, 2.45) is 0 Å². The molecule has 0 fully saturated rings. The van der Waals surface area contributed by atoms with Crippen LogP contribution in [-0.2, 0) is 0 Å². The summed E-state index contributed by atoms with van der Waals surface area (Å²) in [4.78, 5) is 12.1. The molecule has 0 aliphatic heterocycles. The first-order valence-corrected chi connectivity index (χ1v) is 10.9. The molecule has 0 unspecified atom stereocenters. The van der Waals surface area contributed by atoms with Crippen molar-refractivity contribution in [2.45, 2.75) is 96.8 Å². The minimum atomic E-state index is -0.176. The maximum absolute atomic E-state index is 12.1. The zero-order valence-electron chi connectivity index (χ0n) is 17.1. The van der Waals surface area contributed by atoms with E-state index < -0.39 is 0 Å². The highest BCUT2D eigenvalue weighted by molar-refractivity contribution is 6.01. The molecule has 27 heavy (non-hydrogen) atoms. The molecule has 1 aromatic rings. The predicted octanol–water partition coefficient (Wildman–Crippen LogP) is 7.32. The van der Waals surface area contributed by atoms with E-state index in [0.29, 0.717) is 6.42 Å². The highest BCUT2D eigenvalue weighted by Crippen LogP contribution is 2.28. The van der Waals surface area contributed by atoms with E-state index in [1.54, 1.807) is 0 Å². The maximum Gasteiger partial charge on any atom is 0.170 e. The van der Waals surface area contributed by atoms with Crippen LogP contribution in [0.15, 0.2) is 30.4 Å². The quantitative estimate of drug-likeness (QED) is 0.181. The molecule has 0 atom stereocenters. The summed E-state index contributed by atoms with van der Waals surface area (Å²) in [5.74, 6) is -0.437. The molecule has 0 radical (unpaired) electrons. The van der Waals surface area contributed by atoms with Crippen molar-refractivity contribution in [1.29, 1.82) is 0 Å². The first-order valence-electron chi connectivity index (χ1n) is 10.9. The Hall–Kier alpha value is -1.77. The van der Waals surface area contributed by atoms with Gasteiger partial charge in [-0.25, -0.2) is 0 Å². The number of hydrogen-bond acceptors (Lipinski definition) is 3. The van der Waals surface area contributed by atoms with Crippen molar-refractivity contribution in [3.63, 3.8) is 0 Å². The molecule has 0 saturated heterocycles. The second-order valence-electron chi connectivity index (χ2n) is 7.43. The van der Waals surface area contributed by atoms with E-state index >= 15 is 0 Å². The molecule has 0 bridgehead atoms.